The molecule has 0 heterocycles. The van der Waals surface area contributed by atoms with Crippen molar-refractivity contribution in [3.63, 3.8) is 0 Å². The van der Waals surface area contributed by atoms with Gasteiger partial charge < -0.3 is 19.7 Å². The van der Waals surface area contributed by atoms with Gasteiger partial charge in [0.2, 0.25) is 5.91 Å². The van der Waals surface area contributed by atoms with Crippen LogP contribution in [0.3, 0.4) is 0 Å². The summed E-state index contributed by atoms with van der Waals surface area (Å²) in [6.45, 7) is 6.71. The third kappa shape index (κ3) is 6.79. The summed E-state index contributed by atoms with van der Waals surface area (Å²) in [5.74, 6) is 0.981. The maximum absolute atomic E-state index is 13.1. The minimum Gasteiger partial charge on any atom is -0.493 e. The molecule has 0 aliphatic carbocycles. The normalized spacial score (nSPS) is 11.6. The van der Waals surface area contributed by atoms with Crippen LogP contribution in [0.5, 0.6) is 11.5 Å². The number of para-hydroxylation sites is 2. The highest BCUT2D eigenvalue weighted by Crippen LogP contribution is 2.26. The third-order valence-electron chi connectivity index (χ3n) is 4.69. The van der Waals surface area contributed by atoms with Gasteiger partial charge in [-0.3, -0.25) is 9.59 Å². The number of hydrogen-bond donors (Lipinski definition) is 1. The first-order chi connectivity index (χ1) is 14.5. The van der Waals surface area contributed by atoms with E-state index in [9.17, 15) is 9.59 Å². The Bertz CT molecular complexity index is 808. The number of nitrogens with one attached hydrogen (secondary N) is 1. The van der Waals surface area contributed by atoms with Crippen molar-refractivity contribution in [1.82, 2.24) is 10.2 Å². The molecule has 0 saturated heterocycles. The minimum absolute atomic E-state index is 0.146. The zero-order chi connectivity index (χ0) is 21.9. The molecule has 1 atom stereocenters. The molecule has 0 bridgehead atoms. The molecule has 0 unspecified atom stereocenters. The van der Waals surface area contributed by atoms with Gasteiger partial charge in [0.25, 0.3) is 5.91 Å². The van der Waals surface area contributed by atoms with Gasteiger partial charge in [0.15, 0.2) is 18.1 Å². The molecule has 2 amide bonds. The van der Waals surface area contributed by atoms with E-state index < -0.39 is 6.04 Å². The number of hydrogen-bond acceptors (Lipinski definition) is 4. The Morgan fingerprint density at radius 2 is 1.63 bits per heavy atom. The second-order valence-electron chi connectivity index (χ2n) is 7.51. The molecule has 1 N–H and O–H groups in total. The van der Waals surface area contributed by atoms with Crippen LogP contribution in [-0.4, -0.2) is 43.0 Å². The van der Waals surface area contributed by atoms with Crippen LogP contribution < -0.4 is 14.8 Å². The Kier molecular flexibility index (Phi) is 9.19. The number of carbonyl (C=O) groups is 2. The monoisotopic (exact) mass is 412 g/mol. The lowest BCUT2D eigenvalue weighted by Gasteiger charge is -2.31. The number of ether oxygens (including phenoxy) is 2. The Hall–Kier alpha value is -3.02. The van der Waals surface area contributed by atoms with Gasteiger partial charge in [0, 0.05) is 13.1 Å². The van der Waals surface area contributed by atoms with E-state index in [1.807, 2.05) is 63.2 Å². The van der Waals surface area contributed by atoms with Crippen molar-refractivity contribution in [2.45, 2.75) is 39.8 Å². The van der Waals surface area contributed by atoms with Crippen molar-refractivity contribution in [2.24, 2.45) is 5.92 Å². The van der Waals surface area contributed by atoms with Gasteiger partial charge in [-0.05, 0) is 30.0 Å². The first-order valence-corrected chi connectivity index (χ1v) is 10.3. The van der Waals surface area contributed by atoms with Crippen molar-refractivity contribution in [3.8, 4) is 11.5 Å². The SMILES string of the molecule is CC[C@H](C(=O)NCC(C)C)N(Cc1ccccc1)C(=O)COc1ccccc1OC. The summed E-state index contributed by atoms with van der Waals surface area (Å²) in [5.41, 5.74) is 0.957. The quantitative estimate of drug-likeness (QED) is 0.612. The maximum Gasteiger partial charge on any atom is 0.261 e. The van der Waals surface area contributed by atoms with E-state index in [2.05, 4.69) is 5.32 Å². The molecule has 0 aliphatic heterocycles. The molecular formula is C24H32N2O4. The Morgan fingerprint density at radius 3 is 2.23 bits per heavy atom. The highest BCUT2D eigenvalue weighted by atomic mass is 16.5. The van der Waals surface area contributed by atoms with Crippen LogP contribution in [0.1, 0.15) is 32.8 Å². The Labute approximate surface area is 179 Å². The number of methoxy groups -OCH3 is 1. The standard InChI is InChI=1S/C24H32N2O4/c1-5-20(24(28)25-15-18(2)3)26(16-19-11-7-6-8-12-19)23(27)17-30-22-14-10-9-13-21(22)29-4/h6-14,18,20H,5,15-17H2,1-4H3,(H,25,28)/t20-/m1/s1. The van der Waals surface area contributed by atoms with Crippen LogP contribution in [0.15, 0.2) is 54.6 Å². The van der Waals surface area contributed by atoms with E-state index >= 15 is 0 Å². The largest absolute Gasteiger partial charge is 0.493 e. The third-order valence-corrected chi connectivity index (χ3v) is 4.69. The molecule has 0 aliphatic rings. The molecule has 0 aromatic heterocycles. The molecule has 2 rings (SSSR count). The fourth-order valence-corrected chi connectivity index (χ4v) is 3.08. The first-order valence-electron chi connectivity index (χ1n) is 10.3. The second kappa shape index (κ2) is 11.9. The van der Waals surface area contributed by atoms with Gasteiger partial charge in [0.05, 0.1) is 7.11 Å². The van der Waals surface area contributed by atoms with E-state index in [4.69, 9.17) is 9.47 Å². The summed E-state index contributed by atoms with van der Waals surface area (Å²) in [6.07, 6.45) is 0.511. The van der Waals surface area contributed by atoms with Crippen molar-refractivity contribution < 1.29 is 19.1 Å². The molecular weight excluding hydrogens is 380 g/mol. The summed E-state index contributed by atoms with van der Waals surface area (Å²) in [6, 6.07) is 16.3. The summed E-state index contributed by atoms with van der Waals surface area (Å²) >= 11 is 0. The fraction of sp³-hybridized carbons (Fsp3) is 0.417. The predicted molar refractivity (Wildman–Crippen MR) is 117 cm³/mol. The Morgan fingerprint density at radius 1 is 1.00 bits per heavy atom. The van der Waals surface area contributed by atoms with Crippen LogP contribution in [0, 0.1) is 5.92 Å². The van der Waals surface area contributed by atoms with E-state index in [-0.39, 0.29) is 18.4 Å². The van der Waals surface area contributed by atoms with Crippen LogP contribution >= 0.6 is 0 Å². The molecule has 2 aromatic rings. The van der Waals surface area contributed by atoms with Gasteiger partial charge in [-0.2, -0.15) is 0 Å². The molecule has 0 radical (unpaired) electrons. The Balaban J connectivity index is 2.18. The zero-order valence-corrected chi connectivity index (χ0v) is 18.3. The van der Waals surface area contributed by atoms with Crippen LogP contribution in [0.25, 0.3) is 0 Å². The van der Waals surface area contributed by atoms with Crippen molar-refractivity contribution in [2.75, 3.05) is 20.3 Å². The lowest BCUT2D eigenvalue weighted by molar-refractivity contribution is -0.143. The molecule has 0 spiro atoms. The zero-order valence-electron chi connectivity index (χ0n) is 18.3. The summed E-state index contributed by atoms with van der Waals surface area (Å²) < 4.78 is 11.0. The van der Waals surface area contributed by atoms with E-state index in [1.54, 1.807) is 24.1 Å². The highest BCUT2D eigenvalue weighted by Gasteiger charge is 2.29. The molecule has 30 heavy (non-hydrogen) atoms. The lowest BCUT2D eigenvalue weighted by atomic mass is 10.1. The van der Waals surface area contributed by atoms with Gasteiger partial charge >= 0.3 is 0 Å². The van der Waals surface area contributed by atoms with Crippen LogP contribution in [0.4, 0.5) is 0 Å². The van der Waals surface area contributed by atoms with Gasteiger partial charge in [-0.25, -0.2) is 0 Å². The van der Waals surface area contributed by atoms with Crippen molar-refractivity contribution in [3.05, 3.63) is 60.2 Å². The smallest absolute Gasteiger partial charge is 0.261 e. The lowest BCUT2D eigenvalue weighted by Crippen LogP contribution is -2.50. The second-order valence-corrected chi connectivity index (χ2v) is 7.51. The summed E-state index contributed by atoms with van der Waals surface area (Å²) in [5, 5.41) is 2.95. The number of nitrogens with zero attached hydrogens (tertiary/aromatic N) is 1. The number of benzene rings is 2. The predicted octanol–water partition coefficient (Wildman–Crippen LogP) is 3.65. The van der Waals surface area contributed by atoms with Crippen LogP contribution in [0.2, 0.25) is 0 Å². The summed E-state index contributed by atoms with van der Waals surface area (Å²) in [4.78, 5) is 27.6. The number of amides is 2. The van der Waals surface area contributed by atoms with Gasteiger partial charge in [-0.15, -0.1) is 0 Å². The number of carbonyl (C=O) groups excluding carboxylic acids is 2. The molecule has 0 fully saturated rings. The van der Waals surface area contributed by atoms with E-state index in [1.165, 1.54) is 0 Å². The van der Waals surface area contributed by atoms with Crippen LogP contribution in [-0.2, 0) is 16.1 Å². The van der Waals surface area contributed by atoms with E-state index in [0.717, 1.165) is 5.56 Å². The van der Waals surface area contributed by atoms with E-state index in [0.29, 0.717) is 36.9 Å². The average molecular weight is 413 g/mol. The highest BCUT2D eigenvalue weighted by molar-refractivity contribution is 5.88. The van der Waals surface area contributed by atoms with Gasteiger partial charge in [0.1, 0.15) is 6.04 Å². The van der Waals surface area contributed by atoms with Crippen molar-refractivity contribution >= 4 is 11.8 Å². The average Bonchev–Trinajstić information content (AvgIpc) is 2.76. The summed E-state index contributed by atoms with van der Waals surface area (Å²) in [7, 11) is 1.55. The molecule has 2 aromatic carbocycles. The molecule has 6 nitrogen and oxygen atoms in total. The topological polar surface area (TPSA) is 67.9 Å². The molecule has 6 heteroatoms. The van der Waals surface area contributed by atoms with Gasteiger partial charge in [-0.1, -0.05) is 63.2 Å². The van der Waals surface area contributed by atoms with Crippen molar-refractivity contribution in [1.29, 1.82) is 0 Å². The fourth-order valence-electron chi connectivity index (χ4n) is 3.08. The molecule has 162 valence electrons. The maximum atomic E-state index is 13.1. The minimum atomic E-state index is -0.572. The molecule has 0 saturated carbocycles. The number of rotatable bonds is 11. The first kappa shape index (κ1) is 23.3.